The maximum atomic E-state index is 12.5. The Morgan fingerprint density at radius 2 is 1.70 bits per heavy atom. The van der Waals surface area contributed by atoms with Crippen LogP contribution >= 0.6 is 0 Å². The highest BCUT2D eigenvalue weighted by Crippen LogP contribution is 2.29. The van der Waals surface area contributed by atoms with Gasteiger partial charge in [-0.1, -0.05) is 24.3 Å². The highest BCUT2D eigenvalue weighted by Gasteiger charge is 2.20. The topological polar surface area (TPSA) is 117 Å². The summed E-state index contributed by atoms with van der Waals surface area (Å²) in [6.07, 6.45) is 0. The van der Waals surface area contributed by atoms with E-state index in [1.54, 1.807) is 12.1 Å². The summed E-state index contributed by atoms with van der Waals surface area (Å²) in [6.45, 7) is -0.627. The molecule has 0 unspecified atom stereocenters. The summed E-state index contributed by atoms with van der Waals surface area (Å²) in [6, 6.07) is 14.7. The fraction of sp³-hybridized carbons (Fsp3) is 0.143. The van der Waals surface area contributed by atoms with Gasteiger partial charge < -0.3 is 19.5 Å². The number of hydrogen-bond acceptors (Lipinski definition) is 7. The second-order valence-corrected chi connectivity index (χ2v) is 6.16. The molecule has 9 nitrogen and oxygen atoms in total. The molecule has 30 heavy (non-hydrogen) atoms. The SMILES string of the molecule is COc1ccc(NC(=O)COC(=O)c2cc3ccccc3cc2OC)c([N+](=O)[O-])c1. The maximum absolute atomic E-state index is 12.5. The molecule has 3 aromatic carbocycles. The Morgan fingerprint density at radius 3 is 2.33 bits per heavy atom. The van der Waals surface area contributed by atoms with Gasteiger partial charge in [-0.2, -0.15) is 0 Å². The van der Waals surface area contributed by atoms with Crippen LogP contribution in [0.5, 0.6) is 11.5 Å². The number of nitro groups is 1. The molecule has 3 rings (SSSR count). The Hall–Kier alpha value is -4.14. The number of esters is 1. The fourth-order valence-corrected chi connectivity index (χ4v) is 2.84. The van der Waals surface area contributed by atoms with E-state index in [0.29, 0.717) is 5.75 Å². The van der Waals surface area contributed by atoms with Crippen LogP contribution in [0.2, 0.25) is 0 Å². The minimum Gasteiger partial charge on any atom is -0.496 e. The van der Waals surface area contributed by atoms with Crippen molar-refractivity contribution in [3.63, 3.8) is 0 Å². The van der Waals surface area contributed by atoms with Gasteiger partial charge in [0.25, 0.3) is 11.6 Å². The van der Waals surface area contributed by atoms with Crippen LogP contribution in [0.15, 0.2) is 54.6 Å². The summed E-state index contributed by atoms with van der Waals surface area (Å²) in [5.41, 5.74) is -0.213. The van der Waals surface area contributed by atoms with Gasteiger partial charge in [-0.15, -0.1) is 0 Å². The van der Waals surface area contributed by atoms with Gasteiger partial charge in [0.1, 0.15) is 22.7 Å². The molecular weight excluding hydrogens is 392 g/mol. The Kier molecular flexibility index (Phi) is 6.11. The third-order valence-corrected chi connectivity index (χ3v) is 4.30. The first-order chi connectivity index (χ1) is 14.4. The lowest BCUT2D eigenvalue weighted by Crippen LogP contribution is -2.21. The molecule has 0 aromatic heterocycles. The predicted molar refractivity (Wildman–Crippen MR) is 109 cm³/mol. The molecule has 0 radical (unpaired) electrons. The third kappa shape index (κ3) is 4.46. The van der Waals surface area contributed by atoms with Gasteiger partial charge in [0.05, 0.1) is 25.2 Å². The number of nitro benzene ring substituents is 1. The first-order valence-corrected chi connectivity index (χ1v) is 8.79. The fourth-order valence-electron chi connectivity index (χ4n) is 2.84. The summed E-state index contributed by atoms with van der Waals surface area (Å²) in [5.74, 6) is -0.896. The van der Waals surface area contributed by atoms with E-state index in [1.165, 1.54) is 32.4 Å². The molecule has 0 aliphatic carbocycles. The van der Waals surface area contributed by atoms with Crippen LogP contribution in [-0.4, -0.2) is 37.6 Å². The number of amides is 1. The molecule has 0 aliphatic heterocycles. The number of nitrogens with zero attached hydrogens (tertiary/aromatic N) is 1. The van der Waals surface area contributed by atoms with Crippen LogP contribution in [0.25, 0.3) is 10.8 Å². The zero-order valence-corrected chi connectivity index (χ0v) is 16.2. The second kappa shape index (κ2) is 8.91. The summed E-state index contributed by atoms with van der Waals surface area (Å²) < 4.78 is 15.3. The van der Waals surface area contributed by atoms with Crippen LogP contribution < -0.4 is 14.8 Å². The van der Waals surface area contributed by atoms with Gasteiger partial charge in [0.15, 0.2) is 6.61 Å². The van der Waals surface area contributed by atoms with Gasteiger partial charge >= 0.3 is 5.97 Å². The Balaban J connectivity index is 1.72. The minimum atomic E-state index is -0.753. The number of carbonyl (C=O) groups is 2. The van der Waals surface area contributed by atoms with E-state index in [1.807, 2.05) is 24.3 Å². The highest BCUT2D eigenvalue weighted by molar-refractivity contribution is 6.00. The number of rotatable bonds is 7. The summed E-state index contributed by atoms with van der Waals surface area (Å²) in [7, 11) is 2.80. The molecule has 3 aromatic rings. The number of benzene rings is 3. The quantitative estimate of drug-likeness (QED) is 0.359. The zero-order valence-electron chi connectivity index (χ0n) is 16.2. The van der Waals surface area contributed by atoms with E-state index < -0.39 is 23.4 Å². The standard InChI is InChI=1S/C21H18N2O7/c1-28-15-7-8-17(18(11-15)23(26)27)22-20(24)12-30-21(25)16-9-13-5-3-4-6-14(13)10-19(16)29-2/h3-11H,12H2,1-2H3,(H,22,24). The van der Waals surface area contributed by atoms with Crippen molar-refractivity contribution in [2.45, 2.75) is 0 Å². The van der Waals surface area contributed by atoms with Crippen molar-refractivity contribution < 1.29 is 28.7 Å². The number of hydrogen-bond donors (Lipinski definition) is 1. The van der Waals surface area contributed by atoms with Crippen molar-refractivity contribution in [2.24, 2.45) is 0 Å². The van der Waals surface area contributed by atoms with Crippen molar-refractivity contribution in [1.29, 1.82) is 0 Å². The summed E-state index contributed by atoms with van der Waals surface area (Å²) in [5, 5.41) is 15.3. The molecule has 0 fully saturated rings. The van der Waals surface area contributed by atoms with Crippen molar-refractivity contribution in [3.8, 4) is 11.5 Å². The van der Waals surface area contributed by atoms with Gasteiger partial charge in [0, 0.05) is 0 Å². The van der Waals surface area contributed by atoms with E-state index in [2.05, 4.69) is 5.32 Å². The van der Waals surface area contributed by atoms with E-state index in [0.717, 1.165) is 10.8 Å². The van der Waals surface area contributed by atoms with Crippen molar-refractivity contribution in [3.05, 3.63) is 70.3 Å². The van der Waals surface area contributed by atoms with Crippen molar-refractivity contribution in [2.75, 3.05) is 26.1 Å². The van der Waals surface area contributed by atoms with Crippen molar-refractivity contribution >= 4 is 34.0 Å². The molecule has 0 atom stereocenters. The predicted octanol–water partition coefficient (Wildman–Crippen LogP) is 3.56. The van der Waals surface area contributed by atoms with Gasteiger partial charge in [-0.25, -0.2) is 4.79 Å². The Bertz CT molecular complexity index is 1130. The molecule has 1 N–H and O–H groups in total. The maximum Gasteiger partial charge on any atom is 0.342 e. The van der Waals surface area contributed by atoms with Crippen LogP contribution in [0.4, 0.5) is 11.4 Å². The lowest BCUT2D eigenvalue weighted by Gasteiger charge is -2.11. The normalized spacial score (nSPS) is 10.3. The lowest BCUT2D eigenvalue weighted by molar-refractivity contribution is -0.384. The van der Waals surface area contributed by atoms with E-state index >= 15 is 0 Å². The molecule has 0 bridgehead atoms. The van der Waals surface area contributed by atoms with Crippen LogP contribution in [-0.2, 0) is 9.53 Å². The Morgan fingerprint density at radius 1 is 1.00 bits per heavy atom. The summed E-state index contributed by atoms with van der Waals surface area (Å²) >= 11 is 0. The molecule has 0 saturated heterocycles. The van der Waals surface area contributed by atoms with Gasteiger partial charge in [-0.3, -0.25) is 14.9 Å². The molecule has 9 heteroatoms. The highest BCUT2D eigenvalue weighted by atomic mass is 16.6. The van der Waals surface area contributed by atoms with E-state index in [9.17, 15) is 19.7 Å². The van der Waals surface area contributed by atoms with Gasteiger partial charge in [-0.05, 0) is 35.0 Å². The lowest BCUT2D eigenvalue weighted by atomic mass is 10.1. The van der Waals surface area contributed by atoms with Crippen LogP contribution in [0, 0.1) is 10.1 Å². The molecule has 154 valence electrons. The Labute approximate surface area is 171 Å². The second-order valence-electron chi connectivity index (χ2n) is 6.16. The first kappa shape index (κ1) is 20.6. The molecule has 1 amide bonds. The van der Waals surface area contributed by atoms with Crippen LogP contribution in [0.1, 0.15) is 10.4 Å². The molecule has 0 aliphatic rings. The van der Waals surface area contributed by atoms with Crippen molar-refractivity contribution in [1.82, 2.24) is 0 Å². The third-order valence-electron chi connectivity index (χ3n) is 4.30. The van der Waals surface area contributed by atoms with E-state index in [4.69, 9.17) is 14.2 Å². The monoisotopic (exact) mass is 410 g/mol. The number of fused-ring (bicyclic) bond motifs is 1. The smallest absolute Gasteiger partial charge is 0.342 e. The number of methoxy groups -OCH3 is 2. The van der Waals surface area contributed by atoms with Gasteiger partial charge in [0.2, 0.25) is 0 Å². The number of nitrogens with one attached hydrogen (secondary N) is 1. The summed E-state index contributed by atoms with van der Waals surface area (Å²) in [4.78, 5) is 35.2. The number of anilines is 1. The average Bonchev–Trinajstić information content (AvgIpc) is 2.76. The van der Waals surface area contributed by atoms with E-state index in [-0.39, 0.29) is 22.7 Å². The minimum absolute atomic E-state index is 0.0369. The molecule has 0 saturated carbocycles. The molecule has 0 spiro atoms. The number of carbonyl (C=O) groups excluding carboxylic acids is 2. The molecular formula is C21H18N2O7. The number of ether oxygens (including phenoxy) is 3. The van der Waals surface area contributed by atoms with Crippen LogP contribution in [0.3, 0.4) is 0 Å². The average molecular weight is 410 g/mol. The first-order valence-electron chi connectivity index (χ1n) is 8.79. The molecule has 0 heterocycles. The zero-order chi connectivity index (χ0) is 21.7. The largest absolute Gasteiger partial charge is 0.496 e.